The SMILES string of the molecule is O=C(O)CCCCCC1CCOCC1. The maximum absolute atomic E-state index is 10.2. The van der Waals surface area contributed by atoms with Gasteiger partial charge >= 0.3 is 5.97 Å². The van der Waals surface area contributed by atoms with Gasteiger partial charge in [0.15, 0.2) is 0 Å². The van der Waals surface area contributed by atoms with Gasteiger partial charge in [0.2, 0.25) is 0 Å². The third-order valence-corrected chi connectivity index (χ3v) is 2.84. The largest absolute Gasteiger partial charge is 0.481 e. The molecule has 0 aromatic rings. The van der Waals surface area contributed by atoms with Crippen molar-refractivity contribution in [3.8, 4) is 0 Å². The molecule has 0 radical (unpaired) electrons. The molecular weight excluding hydrogens is 180 g/mol. The van der Waals surface area contributed by atoms with Crippen molar-refractivity contribution in [2.24, 2.45) is 5.92 Å². The topological polar surface area (TPSA) is 46.5 Å². The molecule has 1 fully saturated rings. The Morgan fingerprint density at radius 2 is 1.93 bits per heavy atom. The Labute approximate surface area is 85.5 Å². The molecule has 1 saturated heterocycles. The molecule has 0 spiro atoms. The van der Waals surface area contributed by atoms with Gasteiger partial charge in [-0.2, -0.15) is 0 Å². The molecular formula is C11H20O3. The van der Waals surface area contributed by atoms with Crippen LogP contribution in [0.5, 0.6) is 0 Å². The number of carboxylic acids is 1. The first-order valence-corrected chi connectivity index (χ1v) is 5.58. The number of hydrogen-bond acceptors (Lipinski definition) is 2. The van der Waals surface area contributed by atoms with Gasteiger partial charge < -0.3 is 9.84 Å². The van der Waals surface area contributed by atoms with Gasteiger partial charge in [0.1, 0.15) is 0 Å². The molecule has 0 bridgehead atoms. The van der Waals surface area contributed by atoms with Crippen molar-refractivity contribution >= 4 is 5.97 Å². The van der Waals surface area contributed by atoms with E-state index in [0.29, 0.717) is 6.42 Å². The van der Waals surface area contributed by atoms with Crippen molar-refractivity contribution in [2.45, 2.75) is 44.9 Å². The van der Waals surface area contributed by atoms with Crippen LogP contribution in [-0.2, 0) is 9.53 Å². The van der Waals surface area contributed by atoms with Crippen molar-refractivity contribution in [2.75, 3.05) is 13.2 Å². The third kappa shape index (κ3) is 5.22. The number of aliphatic carboxylic acids is 1. The highest BCUT2D eigenvalue weighted by Gasteiger charge is 2.12. The van der Waals surface area contributed by atoms with Gasteiger partial charge in [-0.25, -0.2) is 0 Å². The molecule has 0 aromatic carbocycles. The van der Waals surface area contributed by atoms with Crippen LogP contribution in [0.1, 0.15) is 44.9 Å². The first-order valence-electron chi connectivity index (χ1n) is 5.58. The summed E-state index contributed by atoms with van der Waals surface area (Å²) in [7, 11) is 0. The zero-order valence-electron chi connectivity index (χ0n) is 8.71. The number of carbonyl (C=O) groups is 1. The number of ether oxygens (including phenoxy) is 1. The van der Waals surface area contributed by atoms with E-state index in [0.717, 1.165) is 32.0 Å². The standard InChI is InChI=1S/C11H20O3/c12-11(13)5-3-1-2-4-10-6-8-14-9-7-10/h10H,1-9H2,(H,12,13). The summed E-state index contributed by atoms with van der Waals surface area (Å²) in [6.45, 7) is 1.83. The second kappa shape index (κ2) is 6.82. The van der Waals surface area contributed by atoms with Crippen LogP contribution in [0.25, 0.3) is 0 Å². The fourth-order valence-corrected chi connectivity index (χ4v) is 1.92. The minimum Gasteiger partial charge on any atom is -0.481 e. The fourth-order valence-electron chi connectivity index (χ4n) is 1.92. The molecule has 1 aliphatic heterocycles. The van der Waals surface area contributed by atoms with E-state index in [9.17, 15) is 4.79 Å². The van der Waals surface area contributed by atoms with Crippen molar-refractivity contribution in [1.82, 2.24) is 0 Å². The van der Waals surface area contributed by atoms with Gasteiger partial charge in [0, 0.05) is 19.6 Å². The normalized spacial score (nSPS) is 18.3. The maximum atomic E-state index is 10.2. The summed E-state index contributed by atoms with van der Waals surface area (Å²) in [5.74, 6) is 0.157. The minimum atomic E-state index is -0.670. The molecule has 0 aliphatic carbocycles. The Bertz CT molecular complexity index is 162. The van der Waals surface area contributed by atoms with Crippen molar-refractivity contribution in [3.63, 3.8) is 0 Å². The van der Waals surface area contributed by atoms with E-state index in [1.165, 1.54) is 25.7 Å². The van der Waals surface area contributed by atoms with Crippen LogP contribution in [0.3, 0.4) is 0 Å². The van der Waals surface area contributed by atoms with Crippen LogP contribution in [0.15, 0.2) is 0 Å². The first kappa shape index (κ1) is 11.5. The molecule has 0 amide bonds. The number of rotatable bonds is 6. The quantitative estimate of drug-likeness (QED) is 0.670. The van der Waals surface area contributed by atoms with E-state index in [2.05, 4.69) is 0 Å². The molecule has 0 saturated carbocycles. The molecule has 3 nitrogen and oxygen atoms in total. The smallest absolute Gasteiger partial charge is 0.303 e. The zero-order valence-corrected chi connectivity index (χ0v) is 8.71. The van der Waals surface area contributed by atoms with Crippen molar-refractivity contribution < 1.29 is 14.6 Å². The average Bonchev–Trinajstić information content (AvgIpc) is 2.18. The number of unbranched alkanes of at least 4 members (excludes halogenated alkanes) is 2. The lowest BCUT2D eigenvalue weighted by Crippen LogP contribution is -2.15. The maximum Gasteiger partial charge on any atom is 0.303 e. The zero-order chi connectivity index (χ0) is 10.2. The highest BCUT2D eigenvalue weighted by molar-refractivity contribution is 5.66. The molecule has 14 heavy (non-hydrogen) atoms. The summed E-state index contributed by atoms with van der Waals surface area (Å²) in [5, 5.41) is 8.44. The Morgan fingerprint density at radius 1 is 1.21 bits per heavy atom. The summed E-state index contributed by atoms with van der Waals surface area (Å²) in [4.78, 5) is 10.2. The Morgan fingerprint density at radius 3 is 2.57 bits per heavy atom. The second-order valence-electron chi connectivity index (χ2n) is 4.05. The van der Waals surface area contributed by atoms with Gasteiger partial charge in [-0.15, -0.1) is 0 Å². The van der Waals surface area contributed by atoms with Gasteiger partial charge in [-0.05, 0) is 25.2 Å². The molecule has 0 aromatic heterocycles. The van der Waals surface area contributed by atoms with Gasteiger partial charge in [-0.1, -0.05) is 19.3 Å². The van der Waals surface area contributed by atoms with Crippen LogP contribution in [0, 0.1) is 5.92 Å². The summed E-state index contributed by atoms with van der Waals surface area (Å²) in [6, 6.07) is 0. The van der Waals surface area contributed by atoms with E-state index in [1.54, 1.807) is 0 Å². The van der Waals surface area contributed by atoms with E-state index in [4.69, 9.17) is 9.84 Å². The van der Waals surface area contributed by atoms with E-state index in [-0.39, 0.29) is 0 Å². The van der Waals surface area contributed by atoms with Crippen molar-refractivity contribution in [1.29, 1.82) is 0 Å². The van der Waals surface area contributed by atoms with Crippen LogP contribution in [-0.4, -0.2) is 24.3 Å². The first-order chi connectivity index (χ1) is 6.79. The summed E-state index contributed by atoms with van der Waals surface area (Å²) in [5.41, 5.74) is 0. The molecule has 1 heterocycles. The summed E-state index contributed by atoms with van der Waals surface area (Å²) in [6.07, 6.45) is 7.04. The predicted octanol–water partition coefficient (Wildman–Crippen LogP) is 2.45. The Balaban J connectivity index is 1.90. The lowest BCUT2D eigenvalue weighted by Gasteiger charge is -2.21. The van der Waals surface area contributed by atoms with Crippen molar-refractivity contribution in [3.05, 3.63) is 0 Å². The van der Waals surface area contributed by atoms with E-state index >= 15 is 0 Å². The van der Waals surface area contributed by atoms with E-state index in [1.807, 2.05) is 0 Å². The third-order valence-electron chi connectivity index (χ3n) is 2.84. The molecule has 1 aliphatic rings. The summed E-state index contributed by atoms with van der Waals surface area (Å²) < 4.78 is 5.28. The van der Waals surface area contributed by atoms with Crippen LogP contribution in [0.4, 0.5) is 0 Å². The molecule has 0 atom stereocenters. The Hall–Kier alpha value is -0.570. The highest BCUT2D eigenvalue weighted by atomic mass is 16.5. The Kier molecular flexibility index (Phi) is 5.60. The molecule has 0 unspecified atom stereocenters. The van der Waals surface area contributed by atoms with Crippen LogP contribution >= 0.6 is 0 Å². The molecule has 1 rings (SSSR count). The van der Waals surface area contributed by atoms with Crippen LogP contribution in [0.2, 0.25) is 0 Å². The predicted molar refractivity (Wildman–Crippen MR) is 54.3 cm³/mol. The lowest BCUT2D eigenvalue weighted by molar-refractivity contribution is -0.137. The highest BCUT2D eigenvalue weighted by Crippen LogP contribution is 2.21. The minimum absolute atomic E-state index is 0.327. The van der Waals surface area contributed by atoms with Gasteiger partial charge in [0.05, 0.1) is 0 Å². The monoisotopic (exact) mass is 200 g/mol. The second-order valence-corrected chi connectivity index (χ2v) is 4.05. The number of carboxylic acid groups (broad SMARTS) is 1. The average molecular weight is 200 g/mol. The molecule has 82 valence electrons. The van der Waals surface area contributed by atoms with E-state index < -0.39 is 5.97 Å². The fraction of sp³-hybridized carbons (Fsp3) is 0.909. The van der Waals surface area contributed by atoms with Gasteiger partial charge in [-0.3, -0.25) is 4.79 Å². The van der Waals surface area contributed by atoms with Gasteiger partial charge in [0.25, 0.3) is 0 Å². The lowest BCUT2D eigenvalue weighted by atomic mass is 9.93. The molecule has 1 N–H and O–H groups in total. The summed E-state index contributed by atoms with van der Waals surface area (Å²) >= 11 is 0. The molecule has 3 heteroatoms. The number of hydrogen-bond donors (Lipinski definition) is 1. The van der Waals surface area contributed by atoms with Crippen LogP contribution < -0.4 is 0 Å².